The molecule has 0 unspecified atom stereocenters. The second kappa shape index (κ2) is 8.38. The maximum Gasteiger partial charge on any atom is 0.270 e. The van der Waals surface area contributed by atoms with Crippen LogP contribution in [0.4, 0.5) is 0 Å². The predicted octanol–water partition coefficient (Wildman–Crippen LogP) is 1.55. The van der Waals surface area contributed by atoms with Gasteiger partial charge in [0.2, 0.25) is 0 Å². The summed E-state index contributed by atoms with van der Waals surface area (Å²) in [5.41, 5.74) is 1.20. The smallest absolute Gasteiger partial charge is 0.270 e. The Morgan fingerprint density at radius 3 is 2.70 bits per heavy atom. The van der Waals surface area contributed by atoms with Crippen LogP contribution < -0.4 is 5.32 Å². The van der Waals surface area contributed by atoms with Gasteiger partial charge in [0.15, 0.2) is 5.82 Å². The number of aryl methyl sites for hydroxylation is 1. The molecule has 7 nitrogen and oxygen atoms in total. The summed E-state index contributed by atoms with van der Waals surface area (Å²) < 4.78 is 1.83. The molecule has 0 aromatic carbocycles. The van der Waals surface area contributed by atoms with Gasteiger partial charge in [0, 0.05) is 26.4 Å². The molecule has 0 atom stereocenters. The van der Waals surface area contributed by atoms with E-state index in [0.29, 0.717) is 11.5 Å². The van der Waals surface area contributed by atoms with E-state index in [2.05, 4.69) is 20.3 Å². The van der Waals surface area contributed by atoms with Gasteiger partial charge in [-0.15, -0.1) is 0 Å². The Morgan fingerprint density at radius 1 is 1.30 bits per heavy atom. The van der Waals surface area contributed by atoms with Gasteiger partial charge in [-0.05, 0) is 18.9 Å². The third kappa shape index (κ3) is 4.35. The van der Waals surface area contributed by atoms with E-state index in [-0.39, 0.29) is 11.9 Å². The zero-order valence-corrected chi connectivity index (χ0v) is 13.6. The van der Waals surface area contributed by atoms with E-state index in [0.717, 1.165) is 25.6 Å². The Kier molecular flexibility index (Phi) is 6.22. The number of hydrogen-bond donors (Lipinski definition) is 2. The number of aromatic nitrogens is 4. The molecule has 0 spiro atoms. The molecule has 1 aliphatic rings. The van der Waals surface area contributed by atoms with E-state index in [9.17, 15) is 4.79 Å². The number of amides is 1. The minimum atomic E-state index is -0.118. The number of carbonyl (C=O) groups excluding carboxylic acids is 1. The molecule has 23 heavy (non-hydrogen) atoms. The molecule has 0 aliphatic heterocycles. The van der Waals surface area contributed by atoms with Gasteiger partial charge in [-0.1, -0.05) is 19.3 Å². The van der Waals surface area contributed by atoms with E-state index in [1.807, 2.05) is 11.6 Å². The number of rotatable bonds is 3. The second-order valence-electron chi connectivity index (χ2n) is 5.46. The normalized spacial score (nSPS) is 14.7. The number of aliphatic hydroxyl groups excluding tert-OH is 1. The predicted molar refractivity (Wildman–Crippen MR) is 86.7 cm³/mol. The standard InChI is InChI=1S/C15H19N5O.CH4O/c1-20-10-16-9-13(20)14-17-8-7-12(19-14)15(21)18-11-5-3-2-4-6-11;1-2/h7-11H,2-6H2,1H3,(H,18,21);2H,1H3. The van der Waals surface area contributed by atoms with Gasteiger partial charge >= 0.3 is 0 Å². The number of nitrogens with one attached hydrogen (secondary N) is 1. The number of hydrogen-bond acceptors (Lipinski definition) is 5. The molecule has 2 aromatic rings. The number of aliphatic hydroxyl groups is 1. The van der Waals surface area contributed by atoms with E-state index in [1.54, 1.807) is 24.8 Å². The summed E-state index contributed by atoms with van der Waals surface area (Å²) in [6.45, 7) is 0. The third-order valence-electron chi connectivity index (χ3n) is 3.87. The minimum Gasteiger partial charge on any atom is -0.400 e. The van der Waals surface area contributed by atoms with Gasteiger partial charge in [-0.2, -0.15) is 0 Å². The van der Waals surface area contributed by atoms with Crippen LogP contribution in [0.1, 0.15) is 42.6 Å². The van der Waals surface area contributed by atoms with Crippen LogP contribution in [0.3, 0.4) is 0 Å². The molecule has 1 saturated carbocycles. The molecule has 124 valence electrons. The van der Waals surface area contributed by atoms with Crippen LogP contribution in [0.25, 0.3) is 11.5 Å². The first-order valence-electron chi connectivity index (χ1n) is 7.79. The minimum absolute atomic E-state index is 0.118. The van der Waals surface area contributed by atoms with Crippen molar-refractivity contribution in [3.8, 4) is 11.5 Å². The van der Waals surface area contributed by atoms with Crippen LogP contribution in [0, 0.1) is 0 Å². The molecule has 7 heteroatoms. The van der Waals surface area contributed by atoms with Crippen molar-refractivity contribution in [1.82, 2.24) is 24.8 Å². The Morgan fingerprint density at radius 2 is 2.04 bits per heavy atom. The Bertz CT molecular complexity index is 635. The monoisotopic (exact) mass is 317 g/mol. The lowest BCUT2D eigenvalue weighted by Crippen LogP contribution is -2.36. The molecule has 1 fully saturated rings. The lowest BCUT2D eigenvalue weighted by atomic mass is 9.95. The average Bonchev–Trinajstić information content (AvgIpc) is 3.04. The van der Waals surface area contributed by atoms with E-state index < -0.39 is 0 Å². The summed E-state index contributed by atoms with van der Waals surface area (Å²) >= 11 is 0. The number of imidazole rings is 1. The van der Waals surface area contributed by atoms with Crippen molar-refractivity contribution in [3.05, 3.63) is 30.5 Å². The van der Waals surface area contributed by atoms with Gasteiger partial charge < -0.3 is 15.0 Å². The van der Waals surface area contributed by atoms with Crippen molar-refractivity contribution in [2.45, 2.75) is 38.1 Å². The fourth-order valence-corrected chi connectivity index (χ4v) is 2.69. The first kappa shape index (κ1) is 17.1. The molecule has 3 rings (SSSR count). The van der Waals surface area contributed by atoms with E-state index >= 15 is 0 Å². The summed E-state index contributed by atoms with van der Waals surface area (Å²) in [5.74, 6) is 0.402. The van der Waals surface area contributed by atoms with Gasteiger partial charge in [-0.3, -0.25) is 4.79 Å². The highest BCUT2D eigenvalue weighted by Crippen LogP contribution is 2.18. The molecule has 1 amide bonds. The maximum absolute atomic E-state index is 12.3. The summed E-state index contributed by atoms with van der Waals surface area (Å²) in [5, 5.41) is 10.1. The summed E-state index contributed by atoms with van der Waals surface area (Å²) in [6, 6.07) is 1.93. The fourth-order valence-electron chi connectivity index (χ4n) is 2.69. The van der Waals surface area contributed by atoms with Crippen molar-refractivity contribution < 1.29 is 9.90 Å². The van der Waals surface area contributed by atoms with Gasteiger partial charge in [0.1, 0.15) is 11.4 Å². The van der Waals surface area contributed by atoms with Crippen molar-refractivity contribution in [2.75, 3.05) is 7.11 Å². The van der Waals surface area contributed by atoms with Crippen molar-refractivity contribution in [1.29, 1.82) is 0 Å². The highest BCUT2D eigenvalue weighted by Gasteiger charge is 2.18. The molecule has 1 aliphatic carbocycles. The number of carbonyl (C=O) groups is 1. The topological polar surface area (TPSA) is 92.9 Å². The zero-order valence-electron chi connectivity index (χ0n) is 13.6. The summed E-state index contributed by atoms with van der Waals surface area (Å²) in [4.78, 5) is 24.9. The molecular formula is C16H23N5O2. The van der Waals surface area contributed by atoms with Crippen LogP contribution in [0.15, 0.2) is 24.8 Å². The molecular weight excluding hydrogens is 294 g/mol. The average molecular weight is 317 g/mol. The number of nitrogens with zero attached hydrogens (tertiary/aromatic N) is 4. The highest BCUT2D eigenvalue weighted by molar-refractivity contribution is 5.92. The zero-order chi connectivity index (χ0) is 16.7. The van der Waals surface area contributed by atoms with Crippen molar-refractivity contribution in [2.24, 2.45) is 7.05 Å². The Hall–Kier alpha value is -2.28. The van der Waals surface area contributed by atoms with Crippen molar-refractivity contribution in [3.63, 3.8) is 0 Å². The summed E-state index contributed by atoms with van der Waals surface area (Å²) in [6.07, 6.45) is 10.8. The van der Waals surface area contributed by atoms with Crippen LogP contribution in [0.5, 0.6) is 0 Å². The van der Waals surface area contributed by atoms with Crippen LogP contribution in [-0.4, -0.2) is 43.7 Å². The van der Waals surface area contributed by atoms with Gasteiger partial charge in [-0.25, -0.2) is 15.0 Å². The maximum atomic E-state index is 12.3. The summed E-state index contributed by atoms with van der Waals surface area (Å²) in [7, 11) is 2.88. The Labute approximate surface area is 135 Å². The molecule has 0 saturated heterocycles. The van der Waals surface area contributed by atoms with Gasteiger partial charge in [0.25, 0.3) is 5.91 Å². The Balaban J connectivity index is 0.000000924. The van der Waals surface area contributed by atoms with Gasteiger partial charge in [0.05, 0.1) is 12.5 Å². The first-order chi connectivity index (χ1) is 11.2. The van der Waals surface area contributed by atoms with E-state index in [4.69, 9.17) is 5.11 Å². The molecule has 0 radical (unpaired) electrons. The molecule has 2 N–H and O–H groups in total. The quantitative estimate of drug-likeness (QED) is 0.896. The SMILES string of the molecule is CO.Cn1cncc1-c1nccc(C(=O)NC2CCCCC2)n1. The van der Waals surface area contributed by atoms with E-state index in [1.165, 1.54) is 19.3 Å². The van der Waals surface area contributed by atoms with Crippen LogP contribution in [0.2, 0.25) is 0 Å². The van der Waals surface area contributed by atoms with Crippen LogP contribution in [-0.2, 0) is 7.05 Å². The molecule has 2 aromatic heterocycles. The lowest BCUT2D eigenvalue weighted by Gasteiger charge is -2.22. The first-order valence-corrected chi connectivity index (χ1v) is 7.79. The highest BCUT2D eigenvalue weighted by atomic mass is 16.2. The third-order valence-corrected chi connectivity index (χ3v) is 3.87. The molecule has 2 heterocycles. The van der Waals surface area contributed by atoms with Crippen LogP contribution >= 0.6 is 0 Å². The fraction of sp³-hybridized carbons (Fsp3) is 0.500. The largest absolute Gasteiger partial charge is 0.400 e. The molecule has 0 bridgehead atoms. The lowest BCUT2D eigenvalue weighted by molar-refractivity contribution is 0.0922. The second-order valence-corrected chi connectivity index (χ2v) is 5.46. The van der Waals surface area contributed by atoms with Crippen molar-refractivity contribution >= 4 is 5.91 Å².